The van der Waals surface area contributed by atoms with Gasteiger partial charge in [-0.05, 0) is 133 Å². The molecule has 1 aromatic heterocycles. The van der Waals surface area contributed by atoms with Crippen LogP contribution >= 0.6 is 0 Å². The molecule has 232 valence electrons. The highest BCUT2D eigenvalue weighted by molar-refractivity contribution is 6.13. The number of benzene rings is 7. The third kappa shape index (κ3) is 4.59. The largest absolute Gasteiger partial charge is 0.293 e. The number of allylic oxidation sites excluding steroid dienone is 5. The third-order valence-electron chi connectivity index (χ3n) is 10.5. The fourth-order valence-electron chi connectivity index (χ4n) is 8.21. The van der Waals surface area contributed by atoms with Gasteiger partial charge < -0.3 is 0 Å². The summed E-state index contributed by atoms with van der Waals surface area (Å²) in [5.74, 6) is 1.05. The topological polar surface area (TPSA) is 17.8 Å². The SMILES string of the molecule is C1=CC(n2c(C3=Cc4c(c(-c5ccc6ccccc6c5)c5ccccc5c4-c4ccc5ccccc5c4)CC3)nc3ccccc32)=CCC1. The second kappa shape index (κ2) is 11.3. The number of hydrogen-bond acceptors (Lipinski definition) is 1. The Morgan fingerprint density at radius 1 is 0.551 bits per heavy atom. The third-order valence-corrected chi connectivity index (χ3v) is 10.5. The first-order chi connectivity index (χ1) is 24.3. The molecule has 0 fully saturated rings. The van der Waals surface area contributed by atoms with E-state index in [0.29, 0.717) is 0 Å². The highest BCUT2D eigenvalue weighted by Gasteiger charge is 2.26. The van der Waals surface area contributed by atoms with Gasteiger partial charge in [0, 0.05) is 5.70 Å². The summed E-state index contributed by atoms with van der Waals surface area (Å²) in [4.78, 5) is 5.32. The standard InChI is InChI=1S/C47H34N2/c1-2-16-38(17-3-1)49-44-21-11-10-20-43(44)48-47(49)37-26-27-41-42(30-37)46(36-25-23-32-13-5-7-15-34(32)29-36)40-19-9-8-18-39(40)45(41)35-24-22-31-12-4-6-14-33(31)28-35/h2,4-25,28-30H,1,3,26-27H2. The van der Waals surface area contributed by atoms with Gasteiger partial charge in [-0.1, -0.05) is 121 Å². The van der Waals surface area contributed by atoms with Crippen molar-refractivity contribution in [1.29, 1.82) is 0 Å². The summed E-state index contributed by atoms with van der Waals surface area (Å²) in [6.07, 6.45) is 13.4. The van der Waals surface area contributed by atoms with Gasteiger partial charge in [-0.2, -0.15) is 0 Å². The number of rotatable bonds is 4. The molecule has 0 spiro atoms. The molecule has 10 rings (SSSR count). The number of para-hydroxylation sites is 2. The van der Waals surface area contributed by atoms with Gasteiger partial charge in [-0.25, -0.2) is 4.98 Å². The van der Waals surface area contributed by atoms with E-state index in [4.69, 9.17) is 4.98 Å². The summed E-state index contributed by atoms with van der Waals surface area (Å²) >= 11 is 0. The minimum atomic E-state index is 0.920. The molecule has 0 atom stereocenters. The normalized spacial score (nSPS) is 14.4. The Morgan fingerprint density at radius 3 is 1.90 bits per heavy atom. The van der Waals surface area contributed by atoms with Crippen molar-refractivity contribution in [2.45, 2.75) is 25.7 Å². The van der Waals surface area contributed by atoms with Gasteiger partial charge in [-0.15, -0.1) is 0 Å². The molecule has 1 heterocycles. The number of nitrogens with zero attached hydrogens (tertiary/aromatic N) is 2. The lowest BCUT2D eigenvalue weighted by Gasteiger charge is -2.26. The van der Waals surface area contributed by atoms with Crippen LogP contribution in [-0.2, 0) is 6.42 Å². The fourth-order valence-corrected chi connectivity index (χ4v) is 8.21. The zero-order valence-corrected chi connectivity index (χ0v) is 27.2. The second-order valence-electron chi connectivity index (χ2n) is 13.3. The van der Waals surface area contributed by atoms with Crippen molar-refractivity contribution in [3.63, 3.8) is 0 Å². The second-order valence-corrected chi connectivity index (χ2v) is 13.3. The lowest BCUT2D eigenvalue weighted by atomic mass is 9.78. The molecule has 0 unspecified atom stereocenters. The Hall–Kier alpha value is -5.99. The van der Waals surface area contributed by atoms with E-state index in [1.807, 2.05) is 0 Å². The molecule has 0 radical (unpaired) electrons. The quantitative estimate of drug-likeness (QED) is 0.190. The zero-order valence-electron chi connectivity index (χ0n) is 27.2. The van der Waals surface area contributed by atoms with Gasteiger partial charge in [0.15, 0.2) is 0 Å². The van der Waals surface area contributed by atoms with Crippen LogP contribution in [0.5, 0.6) is 0 Å². The van der Waals surface area contributed by atoms with Crippen LogP contribution < -0.4 is 0 Å². The molecule has 2 nitrogen and oxygen atoms in total. The van der Waals surface area contributed by atoms with Gasteiger partial charge in [0.2, 0.25) is 0 Å². The van der Waals surface area contributed by atoms with Crippen molar-refractivity contribution < 1.29 is 0 Å². The maximum Gasteiger partial charge on any atom is 0.141 e. The highest BCUT2D eigenvalue weighted by atomic mass is 15.1. The lowest BCUT2D eigenvalue weighted by Crippen LogP contribution is -2.09. The predicted octanol–water partition coefficient (Wildman–Crippen LogP) is 12.5. The van der Waals surface area contributed by atoms with Crippen LogP contribution in [-0.4, -0.2) is 9.55 Å². The minimum Gasteiger partial charge on any atom is -0.293 e. The number of imidazole rings is 1. The molecular weight excluding hydrogens is 593 g/mol. The zero-order chi connectivity index (χ0) is 32.3. The molecule has 0 N–H and O–H groups in total. The number of aromatic nitrogens is 2. The first kappa shape index (κ1) is 28.1. The molecule has 49 heavy (non-hydrogen) atoms. The Bertz CT molecular complexity index is 2720. The smallest absolute Gasteiger partial charge is 0.141 e. The molecular formula is C47H34N2. The van der Waals surface area contributed by atoms with Crippen LogP contribution in [0.1, 0.15) is 36.2 Å². The molecule has 0 amide bonds. The van der Waals surface area contributed by atoms with Crippen LogP contribution in [0.4, 0.5) is 0 Å². The highest BCUT2D eigenvalue weighted by Crippen LogP contribution is 2.47. The molecule has 0 saturated heterocycles. The maximum absolute atomic E-state index is 5.32. The van der Waals surface area contributed by atoms with Crippen molar-refractivity contribution in [3.8, 4) is 22.3 Å². The monoisotopic (exact) mass is 626 g/mol. The summed E-state index contributed by atoms with van der Waals surface area (Å²) < 4.78 is 2.39. The molecule has 0 aliphatic heterocycles. The van der Waals surface area contributed by atoms with Crippen molar-refractivity contribution in [2.24, 2.45) is 0 Å². The van der Waals surface area contributed by atoms with Gasteiger partial charge in [-0.3, -0.25) is 4.57 Å². The Balaban J connectivity index is 1.29. The van der Waals surface area contributed by atoms with Gasteiger partial charge in [0.1, 0.15) is 5.82 Å². The van der Waals surface area contributed by atoms with Crippen molar-refractivity contribution >= 4 is 60.7 Å². The van der Waals surface area contributed by atoms with Gasteiger partial charge in [0.05, 0.1) is 11.0 Å². The van der Waals surface area contributed by atoms with Crippen molar-refractivity contribution in [3.05, 3.63) is 169 Å². The fraction of sp³-hybridized carbons (Fsp3) is 0.0851. The predicted molar refractivity (Wildman–Crippen MR) is 208 cm³/mol. The molecule has 7 aromatic carbocycles. The van der Waals surface area contributed by atoms with Crippen molar-refractivity contribution in [1.82, 2.24) is 9.55 Å². The van der Waals surface area contributed by atoms with Gasteiger partial charge in [0.25, 0.3) is 0 Å². The summed E-state index contributed by atoms with van der Waals surface area (Å²) in [5, 5.41) is 7.64. The molecule has 2 heteroatoms. The molecule has 0 saturated carbocycles. The molecule has 2 aliphatic rings. The van der Waals surface area contributed by atoms with E-state index in [1.54, 1.807) is 0 Å². The van der Waals surface area contributed by atoms with E-state index in [0.717, 1.165) is 42.5 Å². The summed E-state index contributed by atoms with van der Waals surface area (Å²) in [7, 11) is 0. The summed E-state index contributed by atoms with van der Waals surface area (Å²) in [5.41, 5.74) is 12.6. The average Bonchev–Trinajstić information content (AvgIpc) is 3.56. The summed E-state index contributed by atoms with van der Waals surface area (Å²) in [6.45, 7) is 0. The molecule has 8 aromatic rings. The lowest BCUT2D eigenvalue weighted by molar-refractivity contribution is 0.957. The Labute approximate surface area is 286 Å². The van der Waals surface area contributed by atoms with Crippen LogP contribution in [0.25, 0.3) is 83.0 Å². The minimum absolute atomic E-state index is 0.920. The maximum atomic E-state index is 5.32. The van der Waals surface area contributed by atoms with Crippen LogP contribution in [0.3, 0.4) is 0 Å². The Morgan fingerprint density at radius 2 is 1.18 bits per heavy atom. The first-order valence-electron chi connectivity index (χ1n) is 17.4. The van der Waals surface area contributed by atoms with E-state index >= 15 is 0 Å². The van der Waals surface area contributed by atoms with E-state index < -0.39 is 0 Å². The molecule has 2 aliphatic carbocycles. The first-order valence-corrected chi connectivity index (χ1v) is 17.4. The van der Waals surface area contributed by atoms with Crippen molar-refractivity contribution in [2.75, 3.05) is 0 Å². The average molecular weight is 627 g/mol. The number of fused-ring (bicyclic) bond motifs is 5. The summed E-state index contributed by atoms with van der Waals surface area (Å²) in [6, 6.07) is 48.9. The van der Waals surface area contributed by atoms with Crippen LogP contribution in [0, 0.1) is 0 Å². The van der Waals surface area contributed by atoms with Gasteiger partial charge >= 0.3 is 0 Å². The van der Waals surface area contributed by atoms with E-state index in [-0.39, 0.29) is 0 Å². The molecule has 0 bridgehead atoms. The van der Waals surface area contributed by atoms with E-state index in [2.05, 4.69) is 162 Å². The van der Waals surface area contributed by atoms with E-state index in [1.165, 1.54) is 77.0 Å². The van der Waals surface area contributed by atoms with E-state index in [9.17, 15) is 0 Å². The van der Waals surface area contributed by atoms with Crippen LogP contribution in [0.15, 0.2) is 152 Å². The van der Waals surface area contributed by atoms with Crippen LogP contribution in [0.2, 0.25) is 0 Å². The Kier molecular flexibility index (Phi) is 6.48. The number of hydrogen-bond donors (Lipinski definition) is 0.